The van der Waals surface area contributed by atoms with E-state index in [0.717, 1.165) is 0 Å². The lowest BCUT2D eigenvalue weighted by Crippen LogP contribution is -2.50. The molecule has 4 rings (SSSR count). The van der Waals surface area contributed by atoms with Crippen molar-refractivity contribution in [2.75, 3.05) is 13.1 Å². The van der Waals surface area contributed by atoms with E-state index in [-0.39, 0.29) is 12.3 Å². The number of carbonyl (C=O) groups excluding carboxylic acids is 2. The number of nitrogens with zero attached hydrogens (tertiary/aromatic N) is 2. The lowest BCUT2D eigenvalue weighted by molar-refractivity contribution is -0.135. The number of amides is 2. The second-order valence-electron chi connectivity index (χ2n) is 9.81. The van der Waals surface area contributed by atoms with Crippen LogP contribution < -0.4 is 0 Å². The first-order valence-electron chi connectivity index (χ1n) is 11.9. The van der Waals surface area contributed by atoms with Crippen LogP contribution in [0, 0.1) is 0 Å². The Kier molecular flexibility index (Phi) is 8.75. The van der Waals surface area contributed by atoms with Gasteiger partial charge in [-0.05, 0) is 57.6 Å². The van der Waals surface area contributed by atoms with Crippen LogP contribution in [0.5, 0.6) is 0 Å². The average Bonchev–Trinajstić information content (AvgIpc) is 3.49. The van der Waals surface area contributed by atoms with Crippen molar-refractivity contribution in [3.8, 4) is 11.1 Å². The number of rotatable bonds is 3. The Morgan fingerprint density at radius 1 is 0.857 bits per heavy atom. The molecule has 1 unspecified atom stereocenters. The maximum Gasteiger partial charge on any atom is 0.410 e. The molecule has 2 aliphatic heterocycles. The topological polar surface area (TPSA) is 107 Å². The summed E-state index contributed by atoms with van der Waals surface area (Å²) < 4.78 is 16.9. The third-order valence-corrected chi connectivity index (χ3v) is 7.25. The Hall–Kier alpha value is -2.67. The third kappa shape index (κ3) is 7.40. The van der Waals surface area contributed by atoms with Crippen molar-refractivity contribution in [1.82, 2.24) is 9.80 Å². The number of benzene rings is 2. The molecule has 2 aromatic carbocycles. The summed E-state index contributed by atoms with van der Waals surface area (Å²) in [4.78, 5) is 46.4. The predicted molar refractivity (Wildman–Crippen MR) is 135 cm³/mol. The van der Waals surface area contributed by atoms with Crippen LogP contribution in [0.4, 0.5) is 4.79 Å². The minimum atomic E-state index is -4.37. The molecular formula is C26H35N2O6P. The van der Waals surface area contributed by atoms with Crippen molar-refractivity contribution in [2.45, 2.75) is 63.9 Å². The fourth-order valence-electron chi connectivity index (χ4n) is 4.37. The molecule has 0 saturated carbocycles. The summed E-state index contributed by atoms with van der Waals surface area (Å²) in [7, 11) is -4.37. The van der Waals surface area contributed by atoms with Gasteiger partial charge in [-0.2, -0.15) is 0 Å². The monoisotopic (exact) mass is 502 g/mol. The zero-order valence-electron chi connectivity index (χ0n) is 20.5. The first-order valence-corrected chi connectivity index (χ1v) is 13.6. The van der Waals surface area contributed by atoms with Crippen LogP contribution in [0.2, 0.25) is 0 Å². The fourth-order valence-corrected chi connectivity index (χ4v) is 5.48. The molecule has 35 heavy (non-hydrogen) atoms. The fraction of sp³-hybridized carbons (Fsp3) is 0.462. The second kappa shape index (κ2) is 11.4. The standard InChI is InChI=1S/C14H25N2O6P.C12H10/c1-14(2,3)22-13(18)15-8-4-6-10(15)12(17)16-9-5-7-11(16)23(19,20)21;1-3-7-11(8-4-1)12-9-5-2-6-10-12/h10-11H,4-9H2,1-3H3,(H2,19,20,21);1-10H/t10-,11?;/m0./s1. The van der Waals surface area contributed by atoms with Gasteiger partial charge in [0.05, 0.1) is 0 Å². The van der Waals surface area contributed by atoms with E-state index in [1.165, 1.54) is 20.9 Å². The molecule has 2 atom stereocenters. The molecule has 0 bridgehead atoms. The molecule has 0 radical (unpaired) electrons. The van der Waals surface area contributed by atoms with Gasteiger partial charge in [0.1, 0.15) is 17.4 Å². The Labute approximate surface area is 207 Å². The normalized spacial score (nSPS) is 20.3. The molecule has 190 valence electrons. The molecule has 2 saturated heterocycles. The molecule has 9 heteroatoms. The highest BCUT2D eigenvalue weighted by Crippen LogP contribution is 2.48. The summed E-state index contributed by atoms with van der Waals surface area (Å²) in [5, 5.41) is 0. The van der Waals surface area contributed by atoms with Crippen LogP contribution in [0.3, 0.4) is 0 Å². The van der Waals surface area contributed by atoms with Crippen LogP contribution in [-0.2, 0) is 14.1 Å². The minimum absolute atomic E-state index is 0.287. The Bertz CT molecular complexity index is 997. The zero-order valence-corrected chi connectivity index (χ0v) is 21.4. The molecule has 8 nitrogen and oxygen atoms in total. The maximum atomic E-state index is 12.7. The van der Waals surface area contributed by atoms with E-state index < -0.39 is 31.1 Å². The minimum Gasteiger partial charge on any atom is -0.444 e. The van der Waals surface area contributed by atoms with E-state index in [1.807, 2.05) is 12.1 Å². The van der Waals surface area contributed by atoms with E-state index in [1.54, 1.807) is 20.8 Å². The summed E-state index contributed by atoms with van der Waals surface area (Å²) in [6.45, 7) is 5.99. The van der Waals surface area contributed by atoms with Gasteiger partial charge >= 0.3 is 13.7 Å². The Balaban J connectivity index is 0.000000237. The molecule has 0 aromatic heterocycles. The molecule has 0 aliphatic carbocycles. The van der Waals surface area contributed by atoms with E-state index in [9.17, 15) is 23.9 Å². The van der Waals surface area contributed by atoms with Gasteiger partial charge in [-0.1, -0.05) is 60.7 Å². The molecule has 2 fully saturated rings. The van der Waals surface area contributed by atoms with Crippen LogP contribution in [0.25, 0.3) is 11.1 Å². The lowest BCUT2D eigenvalue weighted by Gasteiger charge is -2.32. The molecule has 2 aromatic rings. The lowest BCUT2D eigenvalue weighted by atomic mass is 10.1. The SMILES string of the molecule is CC(C)(C)OC(=O)N1CCC[C@H]1C(=O)N1CCCC1P(=O)(O)O.c1ccc(-c2ccccc2)cc1. The van der Waals surface area contributed by atoms with Crippen molar-refractivity contribution < 1.29 is 28.7 Å². The highest BCUT2D eigenvalue weighted by Gasteiger charge is 2.46. The van der Waals surface area contributed by atoms with E-state index in [0.29, 0.717) is 32.4 Å². The highest BCUT2D eigenvalue weighted by atomic mass is 31.2. The molecule has 2 N–H and O–H groups in total. The van der Waals surface area contributed by atoms with Gasteiger partial charge in [0.2, 0.25) is 5.91 Å². The zero-order chi connectivity index (χ0) is 25.6. The van der Waals surface area contributed by atoms with Gasteiger partial charge in [0, 0.05) is 13.1 Å². The smallest absolute Gasteiger partial charge is 0.410 e. The first-order chi connectivity index (χ1) is 16.5. The maximum absolute atomic E-state index is 12.7. The van der Waals surface area contributed by atoms with E-state index >= 15 is 0 Å². The Morgan fingerprint density at radius 2 is 1.34 bits per heavy atom. The van der Waals surface area contributed by atoms with Gasteiger partial charge in [-0.3, -0.25) is 14.3 Å². The number of hydrogen-bond donors (Lipinski definition) is 2. The molecule has 0 spiro atoms. The van der Waals surface area contributed by atoms with Crippen molar-refractivity contribution in [3.63, 3.8) is 0 Å². The van der Waals surface area contributed by atoms with Gasteiger partial charge in [-0.25, -0.2) is 4.79 Å². The van der Waals surface area contributed by atoms with Crippen molar-refractivity contribution in [3.05, 3.63) is 60.7 Å². The van der Waals surface area contributed by atoms with Crippen LogP contribution >= 0.6 is 7.60 Å². The molecular weight excluding hydrogens is 467 g/mol. The second-order valence-corrected chi connectivity index (χ2v) is 11.6. The molecule has 2 aliphatic rings. The highest BCUT2D eigenvalue weighted by molar-refractivity contribution is 7.52. The third-order valence-electron chi connectivity index (χ3n) is 5.94. The summed E-state index contributed by atoms with van der Waals surface area (Å²) in [6.07, 6.45) is 1.45. The number of carbonyl (C=O) groups is 2. The Morgan fingerprint density at radius 3 is 1.83 bits per heavy atom. The van der Waals surface area contributed by atoms with Crippen LogP contribution in [0.1, 0.15) is 46.5 Å². The largest absolute Gasteiger partial charge is 0.444 e. The van der Waals surface area contributed by atoms with Crippen LogP contribution in [0.15, 0.2) is 60.7 Å². The van der Waals surface area contributed by atoms with E-state index in [2.05, 4.69) is 48.5 Å². The van der Waals surface area contributed by atoms with Crippen molar-refractivity contribution >= 4 is 19.6 Å². The van der Waals surface area contributed by atoms with E-state index in [4.69, 9.17) is 4.74 Å². The molecule has 2 heterocycles. The summed E-state index contributed by atoms with van der Waals surface area (Å²) >= 11 is 0. The summed E-state index contributed by atoms with van der Waals surface area (Å²) in [5.74, 6) is -1.46. The van der Waals surface area contributed by atoms with Crippen molar-refractivity contribution in [1.29, 1.82) is 0 Å². The predicted octanol–water partition coefficient (Wildman–Crippen LogP) is 4.87. The first kappa shape index (κ1) is 26.9. The summed E-state index contributed by atoms with van der Waals surface area (Å²) in [5.41, 5.74) is 1.89. The van der Waals surface area contributed by atoms with Crippen LogP contribution in [-0.4, -0.2) is 62.1 Å². The molecule has 2 amide bonds. The van der Waals surface area contributed by atoms with Gasteiger partial charge in [-0.15, -0.1) is 0 Å². The quantitative estimate of drug-likeness (QED) is 0.580. The summed E-state index contributed by atoms with van der Waals surface area (Å²) in [6, 6.07) is 20.1. The van der Waals surface area contributed by atoms with Gasteiger partial charge in [0.15, 0.2) is 0 Å². The van der Waals surface area contributed by atoms with Crippen molar-refractivity contribution in [2.24, 2.45) is 0 Å². The van der Waals surface area contributed by atoms with Gasteiger partial charge in [0.25, 0.3) is 0 Å². The average molecular weight is 503 g/mol. The van der Waals surface area contributed by atoms with Gasteiger partial charge < -0.3 is 19.4 Å². The number of likely N-dealkylation sites (tertiary alicyclic amines) is 2. The number of ether oxygens (including phenoxy) is 1. The number of hydrogen-bond acceptors (Lipinski definition) is 4.